The first kappa shape index (κ1) is 11.9. The maximum atomic E-state index is 11.4. The van der Waals surface area contributed by atoms with Gasteiger partial charge in [0.05, 0.1) is 0 Å². The van der Waals surface area contributed by atoms with E-state index in [1.165, 1.54) is 6.07 Å². The molecule has 15 heavy (non-hydrogen) atoms. The molecule has 0 aliphatic carbocycles. The minimum atomic E-state index is -0.543. The largest absolute Gasteiger partial charge is 0.368 e. The molecule has 1 heterocycles. The zero-order chi connectivity index (χ0) is 11.5. The van der Waals surface area contributed by atoms with Crippen molar-refractivity contribution in [3.63, 3.8) is 0 Å². The van der Waals surface area contributed by atoms with Gasteiger partial charge in [-0.3, -0.25) is 4.79 Å². The number of ether oxygens (including phenoxy) is 1. The van der Waals surface area contributed by atoms with Gasteiger partial charge in [0.15, 0.2) is 0 Å². The molecule has 0 aromatic carbocycles. The zero-order valence-corrected chi connectivity index (χ0v) is 9.76. The maximum Gasteiger partial charge on any atom is 0.251 e. The SMILES string of the molecule is CCOC(C)(C)c1nc(CC)cc(=O)[nH]1. The number of aromatic amines is 1. The van der Waals surface area contributed by atoms with Crippen LogP contribution in [0.5, 0.6) is 0 Å². The first-order chi connectivity index (χ1) is 6.99. The van der Waals surface area contributed by atoms with E-state index >= 15 is 0 Å². The Hall–Kier alpha value is -1.16. The fourth-order valence-corrected chi connectivity index (χ4v) is 1.40. The summed E-state index contributed by atoms with van der Waals surface area (Å²) in [5.41, 5.74) is 0.130. The second kappa shape index (κ2) is 4.57. The van der Waals surface area contributed by atoms with Crippen LogP contribution in [0.3, 0.4) is 0 Å². The molecule has 4 heteroatoms. The van der Waals surface area contributed by atoms with Crippen LogP contribution in [-0.2, 0) is 16.8 Å². The summed E-state index contributed by atoms with van der Waals surface area (Å²) in [6, 6.07) is 1.52. The molecule has 1 rings (SSSR count). The summed E-state index contributed by atoms with van der Waals surface area (Å²) in [5, 5.41) is 0. The molecule has 1 aromatic rings. The number of hydrogen-bond donors (Lipinski definition) is 1. The van der Waals surface area contributed by atoms with Crippen LogP contribution in [0.4, 0.5) is 0 Å². The predicted octanol–water partition coefficient (Wildman–Crippen LogP) is 1.60. The van der Waals surface area contributed by atoms with Gasteiger partial charge in [-0.05, 0) is 27.2 Å². The van der Waals surface area contributed by atoms with Crippen LogP contribution < -0.4 is 5.56 Å². The lowest BCUT2D eigenvalue weighted by Crippen LogP contribution is -2.28. The molecule has 0 fully saturated rings. The molecule has 0 radical (unpaired) electrons. The minimum absolute atomic E-state index is 0.121. The van der Waals surface area contributed by atoms with Gasteiger partial charge in [-0.1, -0.05) is 6.92 Å². The summed E-state index contributed by atoms with van der Waals surface area (Å²) >= 11 is 0. The van der Waals surface area contributed by atoms with Crippen LogP contribution in [0, 0.1) is 0 Å². The lowest BCUT2D eigenvalue weighted by Gasteiger charge is -2.23. The first-order valence-corrected chi connectivity index (χ1v) is 5.24. The van der Waals surface area contributed by atoms with Crippen LogP contribution in [0.15, 0.2) is 10.9 Å². The molecule has 0 bridgehead atoms. The van der Waals surface area contributed by atoms with Gasteiger partial charge in [0.2, 0.25) is 0 Å². The highest BCUT2D eigenvalue weighted by Crippen LogP contribution is 2.19. The van der Waals surface area contributed by atoms with Crippen molar-refractivity contribution in [2.75, 3.05) is 6.61 Å². The monoisotopic (exact) mass is 210 g/mol. The second-order valence-corrected chi connectivity index (χ2v) is 3.88. The molecule has 0 atom stereocenters. The molecule has 0 saturated heterocycles. The number of rotatable bonds is 4. The smallest absolute Gasteiger partial charge is 0.251 e. The number of aromatic nitrogens is 2. The van der Waals surface area contributed by atoms with Crippen LogP contribution in [0.1, 0.15) is 39.2 Å². The van der Waals surface area contributed by atoms with E-state index in [1.807, 2.05) is 27.7 Å². The molecule has 1 N–H and O–H groups in total. The molecule has 1 aromatic heterocycles. The number of hydrogen-bond acceptors (Lipinski definition) is 3. The first-order valence-electron chi connectivity index (χ1n) is 5.24. The van der Waals surface area contributed by atoms with E-state index < -0.39 is 5.60 Å². The van der Waals surface area contributed by atoms with E-state index in [0.717, 1.165) is 12.1 Å². The molecule has 4 nitrogen and oxygen atoms in total. The van der Waals surface area contributed by atoms with Crippen LogP contribution in [-0.4, -0.2) is 16.6 Å². The molecular formula is C11H18N2O2. The minimum Gasteiger partial charge on any atom is -0.368 e. The summed E-state index contributed by atoms with van der Waals surface area (Å²) in [6.07, 6.45) is 0.749. The van der Waals surface area contributed by atoms with Gasteiger partial charge in [-0.2, -0.15) is 0 Å². The van der Waals surface area contributed by atoms with Gasteiger partial charge in [0.25, 0.3) is 5.56 Å². The van der Waals surface area contributed by atoms with Gasteiger partial charge < -0.3 is 9.72 Å². The molecular weight excluding hydrogens is 192 g/mol. The molecule has 0 spiro atoms. The summed E-state index contributed by atoms with van der Waals surface area (Å²) in [5.74, 6) is 0.591. The highest BCUT2D eigenvalue weighted by Gasteiger charge is 2.23. The van der Waals surface area contributed by atoms with E-state index in [1.54, 1.807) is 0 Å². The van der Waals surface area contributed by atoms with E-state index in [9.17, 15) is 4.79 Å². The van der Waals surface area contributed by atoms with Crippen molar-refractivity contribution < 1.29 is 4.74 Å². The third-order valence-electron chi connectivity index (χ3n) is 2.23. The third-order valence-corrected chi connectivity index (χ3v) is 2.23. The van der Waals surface area contributed by atoms with Crippen molar-refractivity contribution in [2.45, 2.75) is 39.7 Å². The van der Waals surface area contributed by atoms with Crippen molar-refractivity contribution in [3.8, 4) is 0 Å². The molecule has 84 valence electrons. The molecule has 0 aliphatic rings. The van der Waals surface area contributed by atoms with Crippen molar-refractivity contribution in [1.29, 1.82) is 0 Å². The highest BCUT2D eigenvalue weighted by atomic mass is 16.5. The van der Waals surface area contributed by atoms with Crippen LogP contribution in [0.2, 0.25) is 0 Å². The van der Waals surface area contributed by atoms with Gasteiger partial charge in [0.1, 0.15) is 11.4 Å². The quantitative estimate of drug-likeness (QED) is 0.821. The third kappa shape index (κ3) is 2.89. The van der Waals surface area contributed by atoms with Crippen molar-refractivity contribution in [2.24, 2.45) is 0 Å². The summed E-state index contributed by atoms with van der Waals surface area (Å²) in [4.78, 5) is 18.4. The summed E-state index contributed by atoms with van der Waals surface area (Å²) < 4.78 is 5.54. The van der Waals surface area contributed by atoms with Crippen LogP contribution in [0.25, 0.3) is 0 Å². The Morgan fingerprint density at radius 2 is 2.13 bits per heavy atom. The molecule has 0 saturated carbocycles. The Morgan fingerprint density at radius 3 is 2.67 bits per heavy atom. The van der Waals surface area contributed by atoms with Gasteiger partial charge in [-0.15, -0.1) is 0 Å². The predicted molar refractivity (Wildman–Crippen MR) is 58.9 cm³/mol. The van der Waals surface area contributed by atoms with Crippen molar-refractivity contribution >= 4 is 0 Å². The molecule has 0 amide bonds. The van der Waals surface area contributed by atoms with E-state index in [0.29, 0.717) is 12.4 Å². The Morgan fingerprint density at radius 1 is 1.47 bits per heavy atom. The fraction of sp³-hybridized carbons (Fsp3) is 0.636. The average molecular weight is 210 g/mol. The normalized spacial score (nSPS) is 11.7. The van der Waals surface area contributed by atoms with Gasteiger partial charge >= 0.3 is 0 Å². The highest BCUT2D eigenvalue weighted by molar-refractivity contribution is 5.07. The van der Waals surface area contributed by atoms with Gasteiger partial charge in [0, 0.05) is 18.4 Å². The standard InChI is InChI=1S/C11H18N2O2/c1-5-8-7-9(14)13-10(12-8)11(3,4)15-6-2/h7H,5-6H2,1-4H3,(H,12,13,14). The Bertz CT molecular complexity index is 382. The zero-order valence-electron chi connectivity index (χ0n) is 9.76. The van der Waals surface area contributed by atoms with Crippen molar-refractivity contribution in [1.82, 2.24) is 9.97 Å². The maximum absolute atomic E-state index is 11.4. The Kier molecular flexibility index (Phi) is 3.63. The summed E-state index contributed by atoms with van der Waals surface area (Å²) in [6.45, 7) is 8.28. The number of H-pyrrole nitrogens is 1. The summed E-state index contributed by atoms with van der Waals surface area (Å²) in [7, 11) is 0. The topological polar surface area (TPSA) is 55.0 Å². The Labute approximate surface area is 89.7 Å². The fourth-order valence-electron chi connectivity index (χ4n) is 1.40. The van der Waals surface area contributed by atoms with Crippen LogP contribution >= 0.6 is 0 Å². The second-order valence-electron chi connectivity index (χ2n) is 3.88. The molecule has 0 aliphatic heterocycles. The Balaban J connectivity index is 3.13. The van der Waals surface area contributed by atoms with E-state index in [4.69, 9.17) is 4.74 Å². The van der Waals surface area contributed by atoms with Gasteiger partial charge in [-0.25, -0.2) is 4.98 Å². The molecule has 0 unspecified atom stereocenters. The number of nitrogens with one attached hydrogen (secondary N) is 1. The van der Waals surface area contributed by atoms with E-state index in [2.05, 4.69) is 9.97 Å². The average Bonchev–Trinajstić information content (AvgIpc) is 2.16. The number of nitrogens with zero attached hydrogens (tertiary/aromatic N) is 1. The lowest BCUT2D eigenvalue weighted by molar-refractivity contribution is -0.0211. The van der Waals surface area contributed by atoms with Crippen molar-refractivity contribution in [3.05, 3.63) is 27.9 Å². The number of aryl methyl sites for hydroxylation is 1. The lowest BCUT2D eigenvalue weighted by atomic mass is 10.1. The van der Waals surface area contributed by atoms with E-state index in [-0.39, 0.29) is 5.56 Å².